The molecule has 0 N–H and O–H groups in total. The van der Waals surface area contributed by atoms with E-state index in [1.807, 2.05) is 60.7 Å². The third kappa shape index (κ3) is 3.25. The predicted molar refractivity (Wildman–Crippen MR) is 78.7 cm³/mol. The van der Waals surface area contributed by atoms with E-state index < -0.39 is 0 Å². The summed E-state index contributed by atoms with van der Waals surface area (Å²) in [5.41, 5.74) is 4.21. The molecule has 103 valence electrons. The van der Waals surface area contributed by atoms with Gasteiger partial charge in [-0.25, -0.2) is 0 Å². The topological polar surface area (TPSA) is 36.7 Å². The van der Waals surface area contributed by atoms with Crippen LogP contribution in [0.1, 0.15) is 5.56 Å². The normalized spacial score (nSPS) is 9.48. The molecule has 0 amide bonds. The maximum absolute atomic E-state index is 9.37. The zero-order valence-electron chi connectivity index (χ0n) is 11.1. The fourth-order valence-electron chi connectivity index (χ4n) is 2.11. The molecule has 2 aromatic carbocycles. The molecule has 3 rings (SSSR count). The molecule has 1 heterocycles. The average Bonchev–Trinajstić information content (AvgIpc) is 2.56. The minimum Gasteiger partial charge on any atom is -0.305 e. The maximum Gasteiger partial charge on any atom is 0.0795 e. The Hall–Kier alpha value is -2.27. The molecule has 1 aromatic heterocycles. The second-order valence-corrected chi connectivity index (χ2v) is 4.37. The van der Waals surface area contributed by atoms with Crippen molar-refractivity contribution in [3.05, 3.63) is 78.5 Å². The van der Waals surface area contributed by atoms with Gasteiger partial charge in [-0.2, -0.15) is 5.26 Å². The van der Waals surface area contributed by atoms with Gasteiger partial charge in [0.15, 0.2) is 0 Å². The molecule has 0 saturated carbocycles. The number of hydrogen-bond donors (Lipinski definition) is 0. The van der Waals surface area contributed by atoms with Gasteiger partial charge in [0.05, 0.1) is 6.07 Å². The maximum atomic E-state index is 9.37. The molecular formula is C18H11IrN2-. The fourth-order valence-corrected chi connectivity index (χ4v) is 2.11. The first-order valence-corrected chi connectivity index (χ1v) is 6.31. The third-order valence-electron chi connectivity index (χ3n) is 3.10. The van der Waals surface area contributed by atoms with E-state index in [0.717, 1.165) is 22.4 Å². The predicted octanol–water partition coefficient (Wildman–Crippen LogP) is 4.08. The molecule has 3 heteroatoms. The van der Waals surface area contributed by atoms with Crippen molar-refractivity contribution in [2.24, 2.45) is 0 Å². The van der Waals surface area contributed by atoms with Gasteiger partial charge < -0.3 is 4.98 Å². The van der Waals surface area contributed by atoms with E-state index in [-0.39, 0.29) is 20.1 Å². The first-order valence-electron chi connectivity index (χ1n) is 6.31. The Morgan fingerprint density at radius 1 is 1.00 bits per heavy atom. The third-order valence-corrected chi connectivity index (χ3v) is 3.10. The van der Waals surface area contributed by atoms with Crippen LogP contribution >= 0.6 is 0 Å². The molecule has 0 spiro atoms. The molecule has 0 fully saturated rings. The van der Waals surface area contributed by atoms with E-state index in [1.54, 1.807) is 6.20 Å². The summed E-state index contributed by atoms with van der Waals surface area (Å²) in [7, 11) is 0. The van der Waals surface area contributed by atoms with Crippen molar-refractivity contribution in [3.8, 4) is 28.5 Å². The van der Waals surface area contributed by atoms with Gasteiger partial charge in [-0.3, -0.25) is 0 Å². The van der Waals surface area contributed by atoms with Gasteiger partial charge in [0.2, 0.25) is 0 Å². The summed E-state index contributed by atoms with van der Waals surface area (Å²) >= 11 is 0. The summed E-state index contributed by atoms with van der Waals surface area (Å²) in [6, 6.07) is 24.7. The largest absolute Gasteiger partial charge is 0.305 e. The Balaban J connectivity index is 0.00000161. The van der Waals surface area contributed by atoms with E-state index in [1.165, 1.54) is 0 Å². The van der Waals surface area contributed by atoms with Crippen LogP contribution in [0.25, 0.3) is 22.4 Å². The molecule has 0 bridgehead atoms. The Bertz CT molecular complexity index is 762. The summed E-state index contributed by atoms with van der Waals surface area (Å²) in [4.78, 5) is 4.29. The van der Waals surface area contributed by atoms with E-state index in [9.17, 15) is 5.26 Å². The fraction of sp³-hybridized carbons (Fsp3) is 0. The van der Waals surface area contributed by atoms with Crippen molar-refractivity contribution >= 4 is 0 Å². The number of hydrogen-bond acceptors (Lipinski definition) is 2. The summed E-state index contributed by atoms with van der Waals surface area (Å²) in [6.07, 6.45) is 1.74. The number of pyridine rings is 1. The monoisotopic (exact) mass is 448 g/mol. The Morgan fingerprint density at radius 3 is 2.43 bits per heavy atom. The zero-order chi connectivity index (χ0) is 13.8. The van der Waals surface area contributed by atoms with Crippen LogP contribution < -0.4 is 0 Å². The van der Waals surface area contributed by atoms with Crippen LogP contribution in [0.3, 0.4) is 0 Å². The van der Waals surface area contributed by atoms with Crippen LogP contribution in [0.2, 0.25) is 0 Å². The van der Waals surface area contributed by atoms with Crippen molar-refractivity contribution in [2.45, 2.75) is 0 Å². The second kappa shape index (κ2) is 6.95. The first kappa shape index (κ1) is 15.1. The Kier molecular flexibility index (Phi) is 5.00. The van der Waals surface area contributed by atoms with Crippen molar-refractivity contribution in [2.75, 3.05) is 0 Å². The summed E-state index contributed by atoms with van der Waals surface area (Å²) in [5, 5.41) is 9.37. The molecule has 21 heavy (non-hydrogen) atoms. The minimum atomic E-state index is 0. The molecule has 1 radical (unpaired) electrons. The number of aromatic nitrogens is 1. The van der Waals surface area contributed by atoms with Gasteiger partial charge in [0.1, 0.15) is 0 Å². The molecule has 0 saturated heterocycles. The minimum absolute atomic E-state index is 0. The van der Waals surface area contributed by atoms with Crippen LogP contribution in [0, 0.1) is 17.4 Å². The van der Waals surface area contributed by atoms with Crippen LogP contribution in [0.15, 0.2) is 66.9 Å². The van der Waals surface area contributed by atoms with Crippen LogP contribution in [-0.2, 0) is 20.1 Å². The van der Waals surface area contributed by atoms with E-state index in [2.05, 4.69) is 17.1 Å². The molecule has 0 aliphatic heterocycles. The molecule has 3 aromatic rings. The molecular weight excluding hydrogens is 436 g/mol. The van der Waals surface area contributed by atoms with Crippen molar-refractivity contribution in [1.82, 2.24) is 4.98 Å². The standard InChI is InChI=1S/C18H11N2.Ir/c19-13-16-12-15(18-8-4-5-11-20-18)9-10-17(16)14-6-2-1-3-7-14;/h1-8,10-12H;/q-1;. The first-order chi connectivity index (χ1) is 9.88. The van der Waals surface area contributed by atoms with Gasteiger partial charge in [0, 0.05) is 26.3 Å². The van der Waals surface area contributed by atoms with Crippen molar-refractivity contribution in [1.29, 1.82) is 5.26 Å². The summed E-state index contributed by atoms with van der Waals surface area (Å²) in [6.45, 7) is 0. The Labute approximate surface area is 137 Å². The molecule has 0 atom stereocenters. The Morgan fingerprint density at radius 2 is 1.76 bits per heavy atom. The van der Waals surface area contributed by atoms with Gasteiger partial charge >= 0.3 is 0 Å². The van der Waals surface area contributed by atoms with Crippen LogP contribution in [0.4, 0.5) is 0 Å². The van der Waals surface area contributed by atoms with E-state index >= 15 is 0 Å². The zero-order valence-corrected chi connectivity index (χ0v) is 13.5. The SMILES string of the molecule is N#Cc1cc(-c2ccccn2)[c-]cc1-c1ccccc1.[Ir]. The van der Waals surface area contributed by atoms with E-state index in [0.29, 0.717) is 5.56 Å². The summed E-state index contributed by atoms with van der Waals surface area (Å²) in [5.74, 6) is 0. The number of nitriles is 1. The molecule has 2 nitrogen and oxygen atoms in total. The smallest absolute Gasteiger partial charge is 0.0795 e. The molecule has 0 aliphatic rings. The van der Waals surface area contributed by atoms with Gasteiger partial charge in [-0.05, 0) is 17.3 Å². The quantitative estimate of drug-likeness (QED) is 0.555. The van der Waals surface area contributed by atoms with E-state index in [4.69, 9.17) is 0 Å². The molecule has 0 aliphatic carbocycles. The number of benzene rings is 2. The van der Waals surface area contributed by atoms with Crippen LogP contribution in [-0.4, -0.2) is 4.98 Å². The van der Waals surface area contributed by atoms with Gasteiger partial charge in [0.25, 0.3) is 0 Å². The second-order valence-electron chi connectivity index (χ2n) is 4.37. The number of nitrogens with zero attached hydrogens (tertiary/aromatic N) is 2. The van der Waals surface area contributed by atoms with Crippen molar-refractivity contribution in [3.63, 3.8) is 0 Å². The van der Waals surface area contributed by atoms with Crippen molar-refractivity contribution < 1.29 is 20.1 Å². The van der Waals surface area contributed by atoms with Crippen LogP contribution in [0.5, 0.6) is 0 Å². The van der Waals surface area contributed by atoms with Gasteiger partial charge in [-0.15, -0.1) is 23.8 Å². The number of rotatable bonds is 2. The summed E-state index contributed by atoms with van der Waals surface area (Å²) < 4.78 is 0. The van der Waals surface area contributed by atoms with Gasteiger partial charge in [-0.1, -0.05) is 53.6 Å². The molecule has 0 unspecified atom stereocenters. The average molecular weight is 448 g/mol.